The molecule has 2 aromatic rings. The van der Waals surface area contributed by atoms with Crippen molar-refractivity contribution >= 4 is 39.1 Å². The maximum Gasteiger partial charge on any atom is 0.133 e. The Hall–Kier alpha value is -0.640. The summed E-state index contributed by atoms with van der Waals surface area (Å²) >= 11 is 15.2. The lowest BCUT2D eigenvalue weighted by Gasteiger charge is -2.15. The third kappa shape index (κ3) is 2.93. The van der Waals surface area contributed by atoms with Gasteiger partial charge in [0.25, 0.3) is 0 Å². The van der Waals surface area contributed by atoms with Crippen LogP contribution in [0, 0.1) is 18.6 Å². The summed E-state index contributed by atoms with van der Waals surface area (Å²) in [6, 6.07) is 7.44. The number of rotatable bonds is 2. The van der Waals surface area contributed by atoms with E-state index in [1.165, 1.54) is 12.1 Å². The summed E-state index contributed by atoms with van der Waals surface area (Å²) in [6.07, 6.45) is 0. The first-order valence-corrected chi connectivity index (χ1v) is 7.12. The van der Waals surface area contributed by atoms with Crippen molar-refractivity contribution in [3.8, 4) is 0 Å². The van der Waals surface area contributed by atoms with Gasteiger partial charge >= 0.3 is 0 Å². The second-order valence-electron chi connectivity index (χ2n) is 4.12. The van der Waals surface area contributed by atoms with Gasteiger partial charge in [-0.15, -0.1) is 0 Å². The van der Waals surface area contributed by atoms with E-state index in [2.05, 4.69) is 15.9 Å². The van der Waals surface area contributed by atoms with E-state index >= 15 is 0 Å². The van der Waals surface area contributed by atoms with E-state index in [1.807, 2.05) is 0 Å². The van der Waals surface area contributed by atoms with Crippen LogP contribution in [0.3, 0.4) is 0 Å². The molecule has 19 heavy (non-hydrogen) atoms. The zero-order valence-electron chi connectivity index (χ0n) is 9.85. The minimum Gasteiger partial charge on any atom is -0.207 e. The highest BCUT2D eigenvalue weighted by atomic mass is 79.9. The number of benzene rings is 2. The lowest BCUT2D eigenvalue weighted by atomic mass is 10.0. The molecule has 0 heterocycles. The average molecular weight is 366 g/mol. The standard InChI is InChI=1S/C14H9BrCl2F2/c1-7-2-5-11(18)12(14(7)19)13(15)9-6-8(16)3-4-10(9)17/h2-6,13H,1H3. The van der Waals surface area contributed by atoms with Crippen LogP contribution in [0.25, 0.3) is 0 Å². The fourth-order valence-corrected chi connectivity index (χ4v) is 3.11. The van der Waals surface area contributed by atoms with Gasteiger partial charge in [-0.05, 0) is 42.3 Å². The lowest BCUT2D eigenvalue weighted by molar-refractivity contribution is 0.555. The highest BCUT2D eigenvalue weighted by molar-refractivity contribution is 9.09. The summed E-state index contributed by atoms with van der Waals surface area (Å²) in [6.45, 7) is 1.58. The summed E-state index contributed by atoms with van der Waals surface area (Å²) in [5, 5.41) is 0.851. The van der Waals surface area contributed by atoms with Gasteiger partial charge in [-0.1, -0.05) is 45.2 Å². The third-order valence-corrected chi connectivity index (χ3v) is 4.33. The number of aryl methyl sites for hydroxylation is 1. The normalized spacial score (nSPS) is 12.5. The van der Waals surface area contributed by atoms with Crippen molar-refractivity contribution in [2.24, 2.45) is 0 Å². The van der Waals surface area contributed by atoms with Crippen molar-refractivity contribution in [3.05, 3.63) is 68.7 Å². The maximum atomic E-state index is 14.1. The predicted octanol–water partition coefficient (Wildman–Crippen LogP) is 6.06. The summed E-state index contributed by atoms with van der Waals surface area (Å²) in [4.78, 5) is -0.696. The molecule has 100 valence electrons. The van der Waals surface area contributed by atoms with Crippen LogP contribution in [-0.4, -0.2) is 0 Å². The number of alkyl halides is 1. The van der Waals surface area contributed by atoms with Crippen molar-refractivity contribution in [1.82, 2.24) is 0 Å². The molecule has 0 aliphatic heterocycles. The molecule has 0 radical (unpaired) electrons. The molecule has 0 saturated carbocycles. The molecule has 1 unspecified atom stereocenters. The second kappa shape index (κ2) is 5.78. The fourth-order valence-electron chi connectivity index (χ4n) is 1.78. The van der Waals surface area contributed by atoms with Crippen molar-refractivity contribution < 1.29 is 8.78 Å². The van der Waals surface area contributed by atoms with Crippen LogP contribution in [0.15, 0.2) is 30.3 Å². The van der Waals surface area contributed by atoms with Crippen molar-refractivity contribution in [1.29, 1.82) is 0 Å². The zero-order valence-corrected chi connectivity index (χ0v) is 13.0. The number of hydrogen-bond acceptors (Lipinski definition) is 0. The van der Waals surface area contributed by atoms with Crippen LogP contribution in [0.5, 0.6) is 0 Å². The van der Waals surface area contributed by atoms with Crippen molar-refractivity contribution in [3.63, 3.8) is 0 Å². The first-order chi connectivity index (χ1) is 8.91. The molecule has 2 rings (SSSR count). The predicted molar refractivity (Wildman–Crippen MR) is 78.3 cm³/mol. The fraction of sp³-hybridized carbons (Fsp3) is 0.143. The van der Waals surface area contributed by atoms with Crippen LogP contribution >= 0.6 is 39.1 Å². The molecule has 0 N–H and O–H groups in total. The van der Waals surface area contributed by atoms with Crippen LogP contribution in [0.2, 0.25) is 10.0 Å². The third-order valence-electron chi connectivity index (χ3n) is 2.80. The van der Waals surface area contributed by atoms with Crippen LogP contribution in [-0.2, 0) is 0 Å². The Bertz CT molecular complexity index is 629. The molecule has 0 spiro atoms. The molecule has 5 heteroatoms. The first kappa shape index (κ1) is 14.8. The van der Waals surface area contributed by atoms with E-state index < -0.39 is 16.5 Å². The molecule has 0 nitrogen and oxygen atoms in total. The van der Waals surface area contributed by atoms with Crippen molar-refractivity contribution in [2.75, 3.05) is 0 Å². The van der Waals surface area contributed by atoms with Gasteiger partial charge in [-0.2, -0.15) is 0 Å². The Balaban J connectivity index is 2.59. The first-order valence-electron chi connectivity index (χ1n) is 5.45. The zero-order chi connectivity index (χ0) is 14.2. The van der Waals surface area contributed by atoms with Gasteiger partial charge in [0, 0.05) is 15.6 Å². The molecule has 0 aliphatic carbocycles. The van der Waals surface area contributed by atoms with E-state index in [-0.39, 0.29) is 5.56 Å². The molecule has 1 atom stereocenters. The van der Waals surface area contributed by atoms with Crippen LogP contribution < -0.4 is 0 Å². The molecule has 2 aromatic carbocycles. The highest BCUT2D eigenvalue weighted by Gasteiger charge is 2.22. The topological polar surface area (TPSA) is 0 Å². The summed E-state index contributed by atoms with van der Waals surface area (Å²) in [5.74, 6) is -1.21. The summed E-state index contributed by atoms with van der Waals surface area (Å²) in [5.41, 5.74) is 0.834. The Labute approximate surface area is 128 Å². The number of hydrogen-bond donors (Lipinski definition) is 0. The molecule has 0 amide bonds. The van der Waals surface area contributed by atoms with Gasteiger partial charge < -0.3 is 0 Å². The highest BCUT2D eigenvalue weighted by Crippen LogP contribution is 2.39. The van der Waals surface area contributed by atoms with Gasteiger partial charge in [0.15, 0.2) is 0 Å². The van der Waals surface area contributed by atoms with E-state index in [9.17, 15) is 8.78 Å². The number of halogens is 5. The molecular weight excluding hydrogens is 357 g/mol. The van der Waals surface area contributed by atoms with E-state index in [0.717, 1.165) is 0 Å². The Morgan fingerprint density at radius 1 is 1.11 bits per heavy atom. The van der Waals surface area contributed by atoms with Gasteiger partial charge in [-0.25, -0.2) is 8.78 Å². The van der Waals surface area contributed by atoms with E-state index in [4.69, 9.17) is 23.2 Å². The smallest absolute Gasteiger partial charge is 0.133 e. The quantitative estimate of drug-likeness (QED) is 0.567. The minimum absolute atomic E-state index is 0.0656. The molecule has 0 aromatic heterocycles. The largest absolute Gasteiger partial charge is 0.207 e. The Kier molecular flexibility index (Phi) is 4.49. The van der Waals surface area contributed by atoms with Gasteiger partial charge in [0.1, 0.15) is 11.6 Å². The monoisotopic (exact) mass is 364 g/mol. The lowest BCUT2D eigenvalue weighted by Crippen LogP contribution is -2.03. The average Bonchev–Trinajstić information content (AvgIpc) is 2.37. The minimum atomic E-state index is -0.696. The van der Waals surface area contributed by atoms with E-state index in [0.29, 0.717) is 21.2 Å². The van der Waals surface area contributed by atoms with Gasteiger partial charge in [-0.3, -0.25) is 0 Å². The Morgan fingerprint density at radius 2 is 1.79 bits per heavy atom. The van der Waals surface area contributed by atoms with Gasteiger partial charge in [0.2, 0.25) is 0 Å². The van der Waals surface area contributed by atoms with Crippen LogP contribution in [0.1, 0.15) is 21.5 Å². The molecule has 0 bridgehead atoms. The van der Waals surface area contributed by atoms with Gasteiger partial charge in [0.05, 0.1) is 4.83 Å². The SMILES string of the molecule is Cc1ccc(F)c(C(Br)c2cc(Cl)ccc2Cl)c1F. The van der Waals surface area contributed by atoms with E-state index in [1.54, 1.807) is 25.1 Å². The summed E-state index contributed by atoms with van der Waals surface area (Å²) < 4.78 is 27.9. The maximum absolute atomic E-state index is 14.1. The summed E-state index contributed by atoms with van der Waals surface area (Å²) in [7, 11) is 0. The molecule has 0 fully saturated rings. The van der Waals surface area contributed by atoms with Crippen LogP contribution in [0.4, 0.5) is 8.78 Å². The second-order valence-corrected chi connectivity index (χ2v) is 5.88. The molecule has 0 saturated heterocycles. The molecular formula is C14H9BrCl2F2. The molecule has 0 aliphatic rings. The Morgan fingerprint density at radius 3 is 2.47 bits per heavy atom. The van der Waals surface area contributed by atoms with Crippen molar-refractivity contribution in [2.45, 2.75) is 11.8 Å².